The van der Waals surface area contributed by atoms with Gasteiger partial charge < -0.3 is 4.74 Å². The van der Waals surface area contributed by atoms with Crippen molar-refractivity contribution in [3.05, 3.63) is 17.3 Å². The molecule has 1 aliphatic carbocycles. The zero-order chi connectivity index (χ0) is 9.80. The minimum Gasteiger partial charge on any atom is -0.477 e. The van der Waals surface area contributed by atoms with Crippen molar-refractivity contribution in [2.45, 2.75) is 25.7 Å². The Bertz CT molecular complexity index is 285. The lowest BCUT2D eigenvalue weighted by Gasteiger charge is -2.24. The van der Waals surface area contributed by atoms with Crippen LogP contribution in [0.2, 0.25) is 5.15 Å². The number of hydrogen-bond acceptors (Lipinski definition) is 3. The van der Waals surface area contributed by atoms with Crippen LogP contribution in [0.4, 0.5) is 0 Å². The minimum atomic E-state index is 0.399. The molecule has 0 radical (unpaired) electrons. The van der Waals surface area contributed by atoms with Crippen LogP contribution in [-0.2, 0) is 0 Å². The maximum absolute atomic E-state index is 5.60. The standard InChI is InChI=1S/C10H13ClN2O/c11-9-4-5-10(13-12-9)14-7-6-8-2-1-3-8/h4-5,8H,1-3,6-7H2. The Kier molecular flexibility index (Phi) is 3.19. The summed E-state index contributed by atoms with van der Waals surface area (Å²) in [4.78, 5) is 0. The highest BCUT2D eigenvalue weighted by atomic mass is 35.5. The number of halogens is 1. The lowest BCUT2D eigenvalue weighted by Crippen LogP contribution is -2.14. The van der Waals surface area contributed by atoms with Crippen LogP contribution in [0.5, 0.6) is 5.88 Å². The molecule has 2 rings (SSSR count). The highest BCUT2D eigenvalue weighted by Gasteiger charge is 2.16. The molecule has 0 aliphatic heterocycles. The van der Waals surface area contributed by atoms with E-state index in [9.17, 15) is 0 Å². The third-order valence-corrected chi connectivity index (χ3v) is 2.81. The van der Waals surface area contributed by atoms with E-state index in [0.29, 0.717) is 11.0 Å². The molecule has 0 N–H and O–H groups in total. The molecular weight excluding hydrogens is 200 g/mol. The third-order valence-electron chi connectivity index (χ3n) is 2.61. The maximum atomic E-state index is 5.60. The van der Waals surface area contributed by atoms with Crippen LogP contribution in [-0.4, -0.2) is 16.8 Å². The van der Waals surface area contributed by atoms with E-state index in [0.717, 1.165) is 18.9 Å². The molecule has 0 atom stereocenters. The van der Waals surface area contributed by atoms with E-state index in [1.54, 1.807) is 12.1 Å². The molecule has 4 heteroatoms. The molecule has 1 aromatic heterocycles. The van der Waals surface area contributed by atoms with Gasteiger partial charge in [-0.2, -0.15) is 0 Å². The van der Waals surface area contributed by atoms with Crippen LogP contribution < -0.4 is 4.74 Å². The normalized spacial score (nSPS) is 16.4. The Morgan fingerprint density at radius 2 is 2.21 bits per heavy atom. The van der Waals surface area contributed by atoms with Gasteiger partial charge in [0.15, 0.2) is 5.15 Å². The first-order chi connectivity index (χ1) is 6.84. The van der Waals surface area contributed by atoms with Gasteiger partial charge >= 0.3 is 0 Å². The summed E-state index contributed by atoms with van der Waals surface area (Å²) in [5.74, 6) is 1.43. The molecule has 1 fully saturated rings. The van der Waals surface area contributed by atoms with E-state index in [1.807, 2.05) is 0 Å². The molecule has 76 valence electrons. The highest BCUT2D eigenvalue weighted by Crippen LogP contribution is 2.29. The molecule has 0 bridgehead atoms. The van der Waals surface area contributed by atoms with Crippen molar-refractivity contribution in [3.8, 4) is 5.88 Å². The summed E-state index contributed by atoms with van der Waals surface area (Å²) in [7, 11) is 0. The van der Waals surface area contributed by atoms with Crippen molar-refractivity contribution >= 4 is 11.6 Å². The minimum absolute atomic E-state index is 0.399. The molecular formula is C10H13ClN2O. The second-order valence-electron chi connectivity index (χ2n) is 3.63. The van der Waals surface area contributed by atoms with Gasteiger partial charge in [0, 0.05) is 6.07 Å². The number of ether oxygens (including phenoxy) is 1. The van der Waals surface area contributed by atoms with E-state index < -0.39 is 0 Å². The summed E-state index contributed by atoms with van der Waals surface area (Å²) in [6.45, 7) is 0.737. The first kappa shape index (κ1) is 9.71. The van der Waals surface area contributed by atoms with Crippen molar-refractivity contribution in [3.63, 3.8) is 0 Å². The molecule has 1 aromatic rings. The fourth-order valence-corrected chi connectivity index (χ4v) is 1.59. The van der Waals surface area contributed by atoms with E-state index in [-0.39, 0.29) is 0 Å². The van der Waals surface area contributed by atoms with E-state index in [1.165, 1.54) is 19.3 Å². The quantitative estimate of drug-likeness (QED) is 0.770. The Morgan fingerprint density at radius 1 is 1.36 bits per heavy atom. The molecule has 1 aliphatic rings. The monoisotopic (exact) mass is 212 g/mol. The Morgan fingerprint density at radius 3 is 2.79 bits per heavy atom. The van der Waals surface area contributed by atoms with E-state index >= 15 is 0 Å². The first-order valence-electron chi connectivity index (χ1n) is 4.96. The van der Waals surface area contributed by atoms with Gasteiger partial charge in [0.2, 0.25) is 5.88 Å². The summed E-state index contributed by atoms with van der Waals surface area (Å²) in [6.07, 6.45) is 5.22. The van der Waals surface area contributed by atoms with Crippen molar-refractivity contribution in [2.24, 2.45) is 5.92 Å². The molecule has 1 saturated carbocycles. The predicted molar refractivity (Wildman–Crippen MR) is 54.5 cm³/mol. The van der Waals surface area contributed by atoms with Crippen LogP contribution in [0.25, 0.3) is 0 Å². The predicted octanol–water partition coefficient (Wildman–Crippen LogP) is 2.70. The van der Waals surface area contributed by atoms with E-state index in [2.05, 4.69) is 10.2 Å². The molecule has 0 amide bonds. The van der Waals surface area contributed by atoms with Gasteiger partial charge in [-0.1, -0.05) is 30.9 Å². The van der Waals surface area contributed by atoms with Gasteiger partial charge in [-0.05, 0) is 18.4 Å². The zero-order valence-electron chi connectivity index (χ0n) is 7.95. The van der Waals surface area contributed by atoms with Crippen LogP contribution in [0.15, 0.2) is 12.1 Å². The molecule has 0 aromatic carbocycles. The topological polar surface area (TPSA) is 35.0 Å². The molecule has 0 spiro atoms. The summed E-state index contributed by atoms with van der Waals surface area (Å²) < 4.78 is 5.44. The van der Waals surface area contributed by atoms with Gasteiger partial charge in [0.05, 0.1) is 6.61 Å². The second-order valence-corrected chi connectivity index (χ2v) is 4.02. The number of nitrogens with zero attached hydrogens (tertiary/aromatic N) is 2. The van der Waals surface area contributed by atoms with Crippen LogP contribution in [0, 0.1) is 5.92 Å². The molecule has 1 heterocycles. The smallest absolute Gasteiger partial charge is 0.233 e. The Balaban J connectivity index is 1.71. The summed E-state index contributed by atoms with van der Waals surface area (Å²) in [6, 6.07) is 3.43. The van der Waals surface area contributed by atoms with Crippen LogP contribution >= 0.6 is 11.6 Å². The number of aromatic nitrogens is 2. The van der Waals surface area contributed by atoms with Gasteiger partial charge in [-0.15, -0.1) is 10.2 Å². The lowest BCUT2D eigenvalue weighted by molar-refractivity contribution is 0.216. The van der Waals surface area contributed by atoms with Gasteiger partial charge in [0.25, 0.3) is 0 Å². The van der Waals surface area contributed by atoms with Gasteiger partial charge in [-0.25, -0.2) is 0 Å². The second kappa shape index (κ2) is 4.60. The fraction of sp³-hybridized carbons (Fsp3) is 0.600. The summed E-state index contributed by atoms with van der Waals surface area (Å²) in [5.41, 5.74) is 0. The van der Waals surface area contributed by atoms with E-state index in [4.69, 9.17) is 16.3 Å². The van der Waals surface area contributed by atoms with Gasteiger partial charge in [0.1, 0.15) is 0 Å². The lowest BCUT2D eigenvalue weighted by atomic mass is 9.83. The maximum Gasteiger partial charge on any atom is 0.233 e. The van der Waals surface area contributed by atoms with Crippen molar-refractivity contribution in [1.29, 1.82) is 0 Å². The largest absolute Gasteiger partial charge is 0.477 e. The molecule has 3 nitrogen and oxygen atoms in total. The van der Waals surface area contributed by atoms with Crippen molar-refractivity contribution in [1.82, 2.24) is 10.2 Å². The average molecular weight is 213 g/mol. The van der Waals surface area contributed by atoms with Crippen molar-refractivity contribution < 1.29 is 4.74 Å². The summed E-state index contributed by atoms with van der Waals surface area (Å²) in [5, 5.41) is 7.92. The average Bonchev–Trinajstić information content (AvgIpc) is 2.12. The number of rotatable bonds is 4. The van der Waals surface area contributed by atoms with Crippen LogP contribution in [0.1, 0.15) is 25.7 Å². The third kappa shape index (κ3) is 2.58. The Labute approximate surface area is 88.4 Å². The van der Waals surface area contributed by atoms with Gasteiger partial charge in [-0.3, -0.25) is 0 Å². The fourth-order valence-electron chi connectivity index (χ4n) is 1.49. The molecule has 14 heavy (non-hydrogen) atoms. The Hall–Kier alpha value is -0.830. The zero-order valence-corrected chi connectivity index (χ0v) is 8.70. The van der Waals surface area contributed by atoms with Crippen LogP contribution in [0.3, 0.4) is 0 Å². The summed E-state index contributed by atoms with van der Waals surface area (Å²) >= 11 is 5.60. The molecule has 0 saturated heterocycles. The first-order valence-corrected chi connectivity index (χ1v) is 5.34. The van der Waals surface area contributed by atoms with Crippen molar-refractivity contribution in [2.75, 3.05) is 6.61 Å². The SMILES string of the molecule is Clc1ccc(OCCC2CCC2)nn1. The highest BCUT2D eigenvalue weighted by molar-refractivity contribution is 6.29. The number of hydrogen-bond donors (Lipinski definition) is 0. The molecule has 0 unspecified atom stereocenters.